The van der Waals surface area contributed by atoms with Gasteiger partial charge in [-0.15, -0.1) is 0 Å². The van der Waals surface area contributed by atoms with Crippen molar-refractivity contribution in [1.29, 1.82) is 0 Å². The molecule has 9 heteroatoms. The Hall–Kier alpha value is -1.45. The van der Waals surface area contributed by atoms with Crippen LogP contribution in [0, 0.1) is 11.8 Å². The Morgan fingerprint density at radius 3 is 2.58 bits per heavy atom. The van der Waals surface area contributed by atoms with Crippen LogP contribution in [0.3, 0.4) is 0 Å². The molecule has 1 saturated heterocycles. The molecule has 1 amide bonds. The third-order valence-corrected chi connectivity index (χ3v) is 4.21. The Balaban J connectivity index is 2.46. The van der Waals surface area contributed by atoms with E-state index in [0.29, 0.717) is 19.4 Å². The Bertz CT molecular complexity index is 581. The number of epoxide rings is 1. The first-order chi connectivity index (χ1) is 11.1. The lowest BCUT2D eigenvalue weighted by Crippen LogP contribution is -2.31. The summed E-state index contributed by atoms with van der Waals surface area (Å²) < 4.78 is 41.8. The van der Waals surface area contributed by atoms with Crippen molar-refractivity contribution in [2.75, 3.05) is 19.0 Å². The fraction of sp³-hybridized carbons (Fsp3) is 0.733. The standard InChI is InChI=1S/C15H25NO7S/c1-4-12(15(18)23-9-13-8-22-13)7-10(2)14(17)16-11(3)5-6-24(19,20)21/h5,10,12-13H,4,6-9H2,1-3H3,(H,16,17)(H,19,20,21)/p-1/b11-5-/t10-,12+,13?/m0/s1. The van der Waals surface area contributed by atoms with Gasteiger partial charge in [-0.25, -0.2) is 8.42 Å². The van der Waals surface area contributed by atoms with Crippen molar-refractivity contribution in [2.24, 2.45) is 11.8 Å². The molecule has 0 aliphatic carbocycles. The molecule has 0 aromatic carbocycles. The maximum absolute atomic E-state index is 12.1. The van der Waals surface area contributed by atoms with Gasteiger partial charge in [-0.3, -0.25) is 9.59 Å². The van der Waals surface area contributed by atoms with Gasteiger partial charge in [-0.1, -0.05) is 19.9 Å². The Morgan fingerprint density at radius 2 is 2.08 bits per heavy atom. The number of allylic oxidation sites excluding steroid dienone is 1. The van der Waals surface area contributed by atoms with Crippen molar-refractivity contribution in [3.63, 3.8) is 0 Å². The van der Waals surface area contributed by atoms with Crippen molar-refractivity contribution in [2.45, 2.75) is 39.7 Å². The molecule has 1 unspecified atom stereocenters. The van der Waals surface area contributed by atoms with Crippen LogP contribution in [0.2, 0.25) is 0 Å². The number of amides is 1. The lowest BCUT2D eigenvalue weighted by Gasteiger charge is -2.18. The minimum Gasteiger partial charge on any atom is -0.748 e. The molecule has 1 aliphatic rings. The summed E-state index contributed by atoms with van der Waals surface area (Å²) in [7, 11) is -4.37. The van der Waals surface area contributed by atoms with Gasteiger partial charge in [0.05, 0.1) is 28.4 Å². The van der Waals surface area contributed by atoms with Crippen LogP contribution in [0.1, 0.15) is 33.6 Å². The molecule has 1 aliphatic heterocycles. The predicted octanol–water partition coefficient (Wildman–Crippen LogP) is 0.546. The van der Waals surface area contributed by atoms with Gasteiger partial charge >= 0.3 is 5.97 Å². The Morgan fingerprint density at radius 1 is 1.46 bits per heavy atom. The van der Waals surface area contributed by atoms with Crippen LogP contribution in [0.15, 0.2) is 11.8 Å². The second-order valence-corrected chi connectivity index (χ2v) is 7.38. The monoisotopic (exact) mass is 362 g/mol. The summed E-state index contributed by atoms with van der Waals surface area (Å²) in [6, 6.07) is 0. The molecule has 1 N–H and O–H groups in total. The largest absolute Gasteiger partial charge is 0.748 e. The van der Waals surface area contributed by atoms with Gasteiger partial charge in [-0.2, -0.15) is 0 Å². The Kier molecular flexibility index (Phi) is 7.85. The van der Waals surface area contributed by atoms with E-state index in [0.717, 1.165) is 6.08 Å². The number of carbonyl (C=O) groups is 2. The van der Waals surface area contributed by atoms with Gasteiger partial charge in [0.25, 0.3) is 0 Å². The van der Waals surface area contributed by atoms with Crippen molar-refractivity contribution in [1.82, 2.24) is 5.32 Å². The van der Waals surface area contributed by atoms with Crippen LogP contribution in [0.5, 0.6) is 0 Å². The van der Waals surface area contributed by atoms with Gasteiger partial charge < -0.3 is 19.3 Å². The summed E-state index contributed by atoms with van der Waals surface area (Å²) in [5.41, 5.74) is 0.285. The fourth-order valence-electron chi connectivity index (χ4n) is 2.02. The topological polar surface area (TPSA) is 125 Å². The van der Waals surface area contributed by atoms with Crippen LogP contribution in [-0.4, -0.2) is 49.9 Å². The summed E-state index contributed by atoms with van der Waals surface area (Å²) in [5.74, 6) is -2.23. The first kappa shape index (κ1) is 20.6. The molecule has 1 fully saturated rings. The van der Waals surface area contributed by atoms with E-state index in [4.69, 9.17) is 9.47 Å². The highest BCUT2D eigenvalue weighted by atomic mass is 32.2. The van der Waals surface area contributed by atoms with E-state index in [1.807, 2.05) is 6.92 Å². The van der Waals surface area contributed by atoms with Crippen molar-refractivity contribution in [3.8, 4) is 0 Å². The number of nitrogens with one attached hydrogen (secondary N) is 1. The second-order valence-electron chi connectivity index (χ2n) is 5.93. The SMILES string of the molecule is CC[C@H](C[C@H](C)C(=O)N/C(C)=C\CS(=O)(=O)[O-])C(=O)OCC1CO1. The highest BCUT2D eigenvalue weighted by Crippen LogP contribution is 2.19. The Labute approximate surface area is 142 Å². The van der Waals surface area contributed by atoms with Gasteiger partial charge in [0.1, 0.15) is 12.7 Å². The number of hydrogen-bond donors (Lipinski definition) is 1. The minimum atomic E-state index is -4.37. The first-order valence-corrected chi connectivity index (χ1v) is 9.39. The molecule has 0 aromatic heterocycles. The molecular formula is C15H24NO7S-. The quantitative estimate of drug-likeness (QED) is 0.342. The summed E-state index contributed by atoms with van der Waals surface area (Å²) in [4.78, 5) is 24.1. The molecule has 0 aromatic rings. The number of ether oxygens (including phenoxy) is 2. The highest BCUT2D eigenvalue weighted by Gasteiger charge is 2.28. The molecular weight excluding hydrogens is 338 g/mol. The molecule has 1 rings (SSSR count). The van der Waals surface area contributed by atoms with Gasteiger partial charge in [0.2, 0.25) is 5.91 Å². The van der Waals surface area contributed by atoms with E-state index in [-0.39, 0.29) is 30.3 Å². The summed E-state index contributed by atoms with van der Waals surface area (Å²) in [5, 5.41) is 2.53. The third-order valence-electron chi connectivity index (χ3n) is 3.64. The summed E-state index contributed by atoms with van der Waals surface area (Å²) in [6.45, 7) is 5.85. The average Bonchev–Trinajstić information content (AvgIpc) is 3.31. The number of carbonyl (C=O) groups excluding carboxylic acids is 2. The predicted molar refractivity (Wildman–Crippen MR) is 84.7 cm³/mol. The third kappa shape index (κ3) is 8.42. The lowest BCUT2D eigenvalue weighted by molar-refractivity contribution is -0.150. The van der Waals surface area contributed by atoms with Gasteiger partial charge in [-0.05, 0) is 19.8 Å². The maximum Gasteiger partial charge on any atom is 0.309 e. The molecule has 1 heterocycles. The molecule has 0 bridgehead atoms. The van der Waals surface area contributed by atoms with Crippen molar-refractivity contribution >= 4 is 22.0 Å². The zero-order chi connectivity index (χ0) is 18.3. The highest BCUT2D eigenvalue weighted by molar-refractivity contribution is 7.85. The van der Waals surface area contributed by atoms with Crippen molar-refractivity contribution in [3.05, 3.63) is 11.8 Å². The van der Waals surface area contributed by atoms with E-state index in [9.17, 15) is 22.6 Å². The molecule has 8 nitrogen and oxygen atoms in total. The van der Waals surface area contributed by atoms with E-state index >= 15 is 0 Å². The minimum absolute atomic E-state index is 0.00254. The molecule has 0 radical (unpaired) electrons. The number of rotatable bonds is 10. The second kappa shape index (κ2) is 9.14. The van der Waals surface area contributed by atoms with Crippen LogP contribution in [0.25, 0.3) is 0 Å². The zero-order valence-electron chi connectivity index (χ0n) is 14.1. The van der Waals surface area contributed by atoms with E-state index in [1.165, 1.54) is 6.92 Å². The maximum atomic E-state index is 12.1. The smallest absolute Gasteiger partial charge is 0.309 e. The summed E-state index contributed by atoms with van der Waals surface area (Å²) >= 11 is 0. The van der Waals surface area contributed by atoms with Gasteiger partial charge in [0, 0.05) is 11.6 Å². The average molecular weight is 362 g/mol. The molecule has 0 spiro atoms. The zero-order valence-corrected chi connectivity index (χ0v) is 14.9. The van der Waals surface area contributed by atoms with E-state index in [1.54, 1.807) is 6.92 Å². The van der Waals surface area contributed by atoms with Crippen LogP contribution >= 0.6 is 0 Å². The molecule has 0 saturated carbocycles. The van der Waals surface area contributed by atoms with Gasteiger partial charge in [0.15, 0.2) is 0 Å². The molecule has 24 heavy (non-hydrogen) atoms. The normalized spacial score (nSPS) is 20.2. The number of hydrogen-bond acceptors (Lipinski definition) is 7. The number of esters is 1. The van der Waals surface area contributed by atoms with Crippen molar-refractivity contribution < 1.29 is 32.0 Å². The fourth-order valence-corrected chi connectivity index (χ4v) is 2.47. The lowest BCUT2D eigenvalue weighted by atomic mass is 9.93. The summed E-state index contributed by atoms with van der Waals surface area (Å²) in [6.07, 6.45) is 2.01. The van der Waals surface area contributed by atoms with E-state index < -0.39 is 27.7 Å². The van der Waals surface area contributed by atoms with Crippen LogP contribution in [0.4, 0.5) is 0 Å². The van der Waals surface area contributed by atoms with Crippen LogP contribution in [-0.2, 0) is 29.2 Å². The molecule has 138 valence electrons. The first-order valence-electron chi connectivity index (χ1n) is 7.81. The van der Waals surface area contributed by atoms with E-state index in [2.05, 4.69) is 5.32 Å². The molecule has 3 atom stereocenters. The van der Waals surface area contributed by atoms with Crippen LogP contribution < -0.4 is 5.32 Å².